The summed E-state index contributed by atoms with van der Waals surface area (Å²) in [5, 5.41) is 3.14. The molecule has 1 aromatic carbocycles. The third-order valence-corrected chi connectivity index (χ3v) is 2.85. The number of nitrogens with one attached hydrogen (secondary N) is 1. The molecule has 1 heterocycles. The van der Waals surface area contributed by atoms with E-state index in [1.54, 1.807) is 24.4 Å². The molecule has 1 N–H and O–H groups in total. The summed E-state index contributed by atoms with van der Waals surface area (Å²) in [5.74, 6) is 0.708. The maximum Gasteiger partial charge on any atom is 0.237 e. The highest BCUT2D eigenvalue weighted by atomic mass is 19.1. The molecule has 2 rings (SSSR count). The van der Waals surface area contributed by atoms with Crippen molar-refractivity contribution in [2.24, 2.45) is 0 Å². The molecule has 0 unspecified atom stereocenters. The number of anilines is 1. The van der Waals surface area contributed by atoms with Crippen molar-refractivity contribution in [2.45, 2.75) is 26.5 Å². The van der Waals surface area contributed by atoms with Crippen molar-refractivity contribution in [3.05, 3.63) is 47.9 Å². The smallest absolute Gasteiger partial charge is 0.237 e. The third-order valence-electron chi connectivity index (χ3n) is 2.85. The zero-order valence-corrected chi connectivity index (χ0v) is 12.4. The van der Waals surface area contributed by atoms with Gasteiger partial charge in [-0.2, -0.15) is 0 Å². The molecule has 2 aromatic rings. The first-order valence-electron chi connectivity index (χ1n) is 6.78. The van der Waals surface area contributed by atoms with Crippen molar-refractivity contribution >= 4 is 5.69 Å². The number of hydrogen-bond acceptors (Lipinski definition) is 4. The number of halogens is 1. The Labute approximate surface area is 123 Å². The second-order valence-electron chi connectivity index (χ2n) is 4.83. The van der Waals surface area contributed by atoms with Crippen LogP contribution in [0.3, 0.4) is 0 Å². The maximum atomic E-state index is 13.9. The van der Waals surface area contributed by atoms with Crippen LogP contribution in [0.2, 0.25) is 0 Å². The normalized spacial score (nSPS) is 10.5. The fraction of sp³-hybridized carbons (Fsp3) is 0.312. The van der Waals surface area contributed by atoms with E-state index in [9.17, 15) is 4.39 Å². The highest BCUT2D eigenvalue weighted by Gasteiger charge is 2.08. The van der Waals surface area contributed by atoms with E-state index in [0.29, 0.717) is 23.7 Å². The minimum atomic E-state index is -0.308. The standard InChI is InChI=1S/C16H19FN2O2/c1-11(2)21-16-15(5-4-8-18-16)19-10-12-6-7-13(20-3)9-14(12)17/h4-9,11,19H,10H2,1-3H3. The second kappa shape index (κ2) is 6.92. The van der Waals surface area contributed by atoms with E-state index in [1.807, 2.05) is 19.9 Å². The number of pyridine rings is 1. The molecule has 0 amide bonds. The van der Waals surface area contributed by atoms with Crippen LogP contribution in [0.5, 0.6) is 11.6 Å². The van der Waals surface area contributed by atoms with Crippen LogP contribution in [0.25, 0.3) is 0 Å². The van der Waals surface area contributed by atoms with Crippen molar-refractivity contribution in [3.8, 4) is 11.6 Å². The predicted molar refractivity (Wildman–Crippen MR) is 80.3 cm³/mol. The molecule has 5 heteroatoms. The first-order chi connectivity index (χ1) is 10.1. The van der Waals surface area contributed by atoms with Gasteiger partial charge >= 0.3 is 0 Å². The van der Waals surface area contributed by atoms with Crippen LogP contribution in [0.1, 0.15) is 19.4 Å². The predicted octanol–water partition coefficient (Wildman–Crippen LogP) is 3.63. The lowest BCUT2D eigenvalue weighted by atomic mass is 10.2. The van der Waals surface area contributed by atoms with Gasteiger partial charge in [0.1, 0.15) is 11.6 Å². The Bertz CT molecular complexity index is 603. The lowest BCUT2D eigenvalue weighted by molar-refractivity contribution is 0.234. The molecule has 0 aliphatic heterocycles. The molecule has 4 nitrogen and oxygen atoms in total. The van der Waals surface area contributed by atoms with Crippen LogP contribution in [-0.2, 0) is 6.54 Å². The van der Waals surface area contributed by atoms with Crippen molar-refractivity contribution in [3.63, 3.8) is 0 Å². The van der Waals surface area contributed by atoms with Gasteiger partial charge in [0, 0.05) is 24.4 Å². The molecule has 0 aliphatic rings. The van der Waals surface area contributed by atoms with E-state index >= 15 is 0 Å². The number of ether oxygens (including phenoxy) is 2. The van der Waals surface area contributed by atoms with Gasteiger partial charge in [-0.15, -0.1) is 0 Å². The Morgan fingerprint density at radius 3 is 2.76 bits per heavy atom. The molecule has 0 radical (unpaired) electrons. The molecule has 0 aliphatic carbocycles. The number of hydrogen-bond donors (Lipinski definition) is 1. The molecule has 21 heavy (non-hydrogen) atoms. The molecular formula is C16H19FN2O2. The van der Waals surface area contributed by atoms with E-state index in [1.165, 1.54) is 13.2 Å². The fourth-order valence-corrected chi connectivity index (χ4v) is 1.83. The fourth-order valence-electron chi connectivity index (χ4n) is 1.83. The van der Waals surface area contributed by atoms with Crippen LogP contribution >= 0.6 is 0 Å². The van der Waals surface area contributed by atoms with E-state index in [2.05, 4.69) is 10.3 Å². The Hall–Kier alpha value is -2.30. The van der Waals surface area contributed by atoms with Crippen LogP contribution in [0.4, 0.5) is 10.1 Å². The van der Waals surface area contributed by atoms with Gasteiger partial charge in [-0.05, 0) is 32.0 Å². The van der Waals surface area contributed by atoms with Gasteiger partial charge in [0.25, 0.3) is 0 Å². The summed E-state index contributed by atoms with van der Waals surface area (Å²) >= 11 is 0. The summed E-state index contributed by atoms with van der Waals surface area (Å²) in [4.78, 5) is 4.18. The molecule has 0 saturated carbocycles. The Balaban J connectivity index is 2.09. The third kappa shape index (κ3) is 4.08. The largest absolute Gasteiger partial charge is 0.497 e. The summed E-state index contributed by atoms with van der Waals surface area (Å²) in [6.07, 6.45) is 1.69. The highest BCUT2D eigenvalue weighted by molar-refractivity contribution is 5.52. The number of benzene rings is 1. The van der Waals surface area contributed by atoms with Crippen molar-refractivity contribution < 1.29 is 13.9 Å². The summed E-state index contributed by atoms with van der Waals surface area (Å²) in [6.45, 7) is 4.21. The zero-order chi connectivity index (χ0) is 15.2. The molecule has 0 fully saturated rings. The van der Waals surface area contributed by atoms with Gasteiger partial charge in [0.2, 0.25) is 5.88 Å². The monoisotopic (exact) mass is 290 g/mol. The first kappa shape index (κ1) is 15.1. The average Bonchev–Trinajstić information content (AvgIpc) is 2.46. The van der Waals surface area contributed by atoms with Gasteiger partial charge < -0.3 is 14.8 Å². The molecule has 0 atom stereocenters. The number of methoxy groups -OCH3 is 1. The minimum absolute atomic E-state index is 0.0261. The van der Waals surface area contributed by atoms with Crippen LogP contribution in [0, 0.1) is 5.82 Å². The minimum Gasteiger partial charge on any atom is -0.497 e. The van der Waals surface area contributed by atoms with Crippen LogP contribution < -0.4 is 14.8 Å². The zero-order valence-electron chi connectivity index (χ0n) is 12.4. The first-order valence-corrected chi connectivity index (χ1v) is 6.78. The summed E-state index contributed by atoms with van der Waals surface area (Å²) in [5.41, 5.74) is 1.29. The average molecular weight is 290 g/mol. The van der Waals surface area contributed by atoms with E-state index < -0.39 is 0 Å². The highest BCUT2D eigenvalue weighted by Crippen LogP contribution is 2.23. The second-order valence-corrected chi connectivity index (χ2v) is 4.83. The quantitative estimate of drug-likeness (QED) is 0.882. The molecular weight excluding hydrogens is 271 g/mol. The van der Waals surface area contributed by atoms with Gasteiger partial charge in [-0.1, -0.05) is 6.07 Å². The van der Waals surface area contributed by atoms with Gasteiger partial charge in [-0.3, -0.25) is 0 Å². The van der Waals surface area contributed by atoms with Gasteiger partial charge in [0.15, 0.2) is 0 Å². The summed E-state index contributed by atoms with van der Waals surface area (Å²) in [6, 6.07) is 8.45. The molecule has 0 bridgehead atoms. The number of nitrogens with zero attached hydrogens (tertiary/aromatic N) is 1. The molecule has 1 aromatic heterocycles. The van der Waals surface area contributed by atoms with Crippen molar-refractivity contribution in [1.82, 2.24) is 4.98 Å². The van der Waals surface area contributed by atoms with Crippen molar-refractivity contribution in [2.75, 3.05) is 12.4 Å². The Morgan fingerprint density at radius 2 is 2.10 bits per heavy atom. The molecule has 0 saturated heterocycles. The molecule has 112 valence electrons. The Kier molecular flexibility index (Phi) is 4.98. The van der Waals surface area contributed by atoms with Gasteiger partial charge in [0.05, 0.1) is 18.9 Å². The number of rotatable bonds is 6. The van der Waals surface area contributed by atoms with Crippen LogP contribution in [-0.4, -0.2) is 18.2 Å². The Morgan fingerprint density at radius 1 is 1.29 bits per heavy atom. The van der Waals surface area contributed by atoms with E-state index in [0.717, 1.165) is 5.69 Å². The SMILES string of the molecule is COc1ccc(CNc2cccnc2OC(C)C)c(F)c1. The maximum absolute atomic E-state index is 13.9. The van der Waals surface area contributed by atoms with E-state index in [4.69, 9.17) is 9.47 Å². The van der Waals surface area contributed by atoms with Crippen LogP contribution in [0.15, 0.2) is 36.5 Å². The van der Waals surface area contributed by atoms with Crippen molar-refractivity contribution in [1.29, 1.82) is 0 Å². The summed E-state index contributed by atoms with van der Waals surface area (Å²) in [7, 11) is 1.51. The molecule has 0 spiro atoms. The van der Waals surface area contributed by atoms with Gasteiger partial charge in [-0.25, -0.2) is 9.37 Å². The lowest BCUT2D eigenvalue weighted by Gasteiger charge is -2.14. The topological polar surface area (TPSA) is 43.4 Å². The van der Waals surface area contributed by atoms with E-state index in [-0.39, 0.29) is 11.9 Å². The lowest BCUT2D eigenvalue weighted by Crippen LogP contribution is -2.10. The number of aromatic nitrogens is 1. The summed E-state index contributed by atoms with van der Waals surface area (Å²) < 4.78 is 24.5.